The molecule has 0 atom stereocenters. The van der Waals surface area contributed by atoms with Crippen molar-refractivity contribution < 1.29 is 22.4 Å². The minimum Gasteiger partial charge on any atom is -0.489 e. The van der Waals surface area contributed by atoms with Crippen LogP contribution in [0.1, 0.15) is 23.4 Å². The lowest BCUT2D eigenvalue weighted by molar-refractivity contribution is 0.297. The first-order valence-electron chi connectivity index (χ1n) is 7.39. The van der Waals surface area contributed by atoms with Gasteiger partial charge >= 0.3 is 0 Å². The Balaban J connectivity index is 1.82. The Morgan fingerprint density at radius 2 is 2.00 bits per heavy atom. The maximum Gasteiger partial charge on any atom is 0.246 e. The molecular formula is C15H17ClN2O5S. The lowest BCUT2D eigenvalue weighted by Crippen LogP contribution is -2.24. The number of nitrogens with zero attached hydrogens (tertiary/aromatic N) is 1. The van der Waals surface area contributed by atoms with Crippen LogP contribution in [0, 0.1) is 13.8 Å². The molecule has 0 amide bonds. The first-order valence-corrected chi connectivity index (χ1v) is 9.25. The van der Waals surface area contributed by atoms with E-state index in [0.29, 0.717) is 41.0 Å². The molecular weight excluding hydrogens is 356 g/mol. The third-order valence-electron chi connectivity index (χ3n) is 3.56. The van der Waals surface area contributed by atoms with Gasteiger partial charge in [-0.25, -0.2) is 13.1 Å². The first-order chi connectivity index (χ1) is 11.4. The van der Waals surface area contributed by atoms with Crippen LogP contribution >= 0.6 is 11.6 Å². The number of aromatic nitrogens is 1. The van der Waals surface area contributed by atoms with E-state index in [1.165, 1.54) is 0 Å². The molecule has 0 aliphatic carbocycles. The first kappa shape index (κ1) is 17.1. The number of aryl methyl sites for hydroxylation is 2. The monoisotopic (exact) mass is 372 g/mol. The molecule has 0 saturated heterocycles. The zero-order valence-electron chi connectivity index (χ0n) is 13.3. The Morgan fingerprint density at radius 1 is 1.25 bits per heavy atom. The number of hydrogen-bond donors (Lipinski definition) is 1. The molecule has 0 unspecified atom stereocenters. The van der Waals surface area contributed by atoms with Crippen molar-refractivity contribution in [1.82, 2.24) is 9.88 Å². The molecule has 24 heavy (non-hydrogen) atoms. The summed E-state index contributed by atoms with van der Waals surface area (Å²) in [6.07, 6.45) is 0.763. The van der Waals surface area contributed by atoms with Gasteiger partial charge in [-0.3, -0.25) is 0 Å². The van der Waals surface area contributed by atoms with E-state index in [9.17, 15) is 8.42 Å². The van der Waals surface area contributed by atoms with Crippen molar-refractivity contribution in [1.29, 1.82) is 0 Å². The van der Waals surface area contributed by atoms with Crippen LogP contribution in [0.5, 0.6) is 11.5 Å². The molecule has 2 aromatic rings. The Hall–Kier alpha value is -1.77. The second-order valence-electron chi connectivity index (χ2n) is 5.43. The number of benzene rings is 1. The minimum absolute atomic E-state index is 0.0583. The Labute approximate surface area is 144 Å². The summed E-state index contributed by atoms with van der Waals surface area (Å²) in [5, 5.41) is 4.06. The maximum absolute atomic E-state index is 12.4. The van der Waals surface area contributed by atoms with E-state index in [1.54, 1.807) is 26.0 Å². The number of halogens is 1. The highest BCUT2D eigenvalue weighted by Crippen LogP contribution is 2.38. The molecule has 0 bridgehead atoms. The molecule has 0 radical (unpaired) electrons. The van der Waals surface area contributed by atoms with E-state index in [4.69, 9.17) is 25.6 Å². The van der Waals surface area contributed by atoms with Crippen molar-refractivity contribution in [2.24, 2.45) is 0 Å². The molecule has 0 spiro atoms. The van der Waals surface area contributed by atoms with Gasteiger partial charge in [0.15, 0.2) is 17.3 Å². The van der Waals surface area contributed by atoms with Crippen LogP contribution in [0.25, 0.3) is 0 Å². The topological polar surface area (TPSA) is 90.7 Å². The third kappa shape index (κ3) is 3.35. The molecule has 9 heteroatoms. The summed E-state index contributed by atoms with van der Waals surface area (Å²) < 4.78 is 43.5. The third-order valence-corrected chi connectivity index (χ3v) is 5.49. The predicted octanol–water partition coefficient (Wildman–Crippen LogP) is 2.58. The van der Waals surface area contributed by atoms with Crippen molar-refractivity contribution in [2.45, 2.75) is 31.7 Å². The quantitative estimate of drug-likeness (QED) is 0.887. The average molecular weight is 373 g/mol. The molecule has 130 valence electrons. The van der Waals surface area contributed by atoms with E-state index in [2.05, 4.69) is 9.88 Å². The fraction of sp³-hybridized carbons (Fsp3) is 0.400. The number of ether oxygens (including phenoxy) is 2. The Kier molecular flexibility index (Phi) is 4.71. The van der Waals surface area contributed by atoms with E-state index in [0.717, 1.165) is 6.42 Å². The lowest BCUT2D eigenvalue weighted by Gasteiger charge is -2.12. The van der Waals surface area contributed by atoms with Gasteiger partial charge in [0.25, 0.3) is 0 Å². The van der Waals surface area contributed by atoms with Gasteiger partial charge in [-0.05, 0) is 31.5 Å². The fourth-order valence-electron chi connectivity index (χ4n) is 2.50. The van der Waals surface area contributed by atoms with Crippen LogP contribution in [-0.2, 0) is 16.6 Å². The fourth-order valence-corrected chi connectivity index (χ4v) is 4.13. The van der Waals surface area contributed by atoms with Crippen LogP contribution in [0.2, 0.25) is 5.02 Å². The van der Waals surface area contributed by atoms with Crippen molar-refractivity contribution >= 4 is 21.6 Å². The second-order valence-corrected chi connectivity index (χ2v) is 7.54. The van der Waals surface area contributed by atoms with Gasteiger partial charge in [-0.1, -0.05) is 16.8 Å². The summed E-state index contributed by atoms with van der Waals surface area (Å²) in [5.41, 5.74) is 0.983. The highest BCUT2D eigenvalue weighted by molar-refractivity contribution is 7.89. The lowest BCUT2D eigenvalue weighted by atomic mass is 10.2. The van der Waals surface area contributed by atoms with Gasteiger partial charge in [-0.2, -0.15) is 0 Å². The number of fused-ring (bicyclic) bond motifs is 1. The van der Waals surface area contributed by atoms with Crippen LogP contribution in [0.15, 0.2) is 21.6 Å². The van der Waals surface area contributed by atoms with Crippen LogP contribution in [0.4, 0.5) is 0 Å². The summed E-state index contributed by atoms with van der Waals surface area (Å²) in [6, 6.07) is 3.38. The van der Waals surface area contributed by atoms with Crippen LogP contribution in [0.3, 0.4) is 0 Å². The largest absolute Gasteiger partial charge is 0.489 e. The maximum atomic E-state index is 12.4. The highest BCUT2D eigenvalue weighted by Gasteiger charge is 2.24. The standard InChI is InChI=1S/C15H17ClN2O5S/c1-9-15(10(2)23-18-9)24(19,20)17-8-11-6-12(16)14-13(7-11)21-4-3-5-22-14/h6-7,17H,3-5,8H2,1-2H3. The smallest absolute Gasteiger partial charge is 0.246 e. The molecule has 1 N–H and O–H groups in total. The summed E-state index contributed by atoms with van der Waals surface area (Å²) in [7, 11) is -3.74. The Morgan fingerprint density at radius 3 is 2.71 bits per heavy atom. The van der Waals surface area contributed by atoms with Crippen molar-refractivity contribution in [3.05, 3.63) is 34.2 Å². The minimum atomic E-state index is -3.74. The molecule has 1 aliphatic heterocycles. The number of hydrogen-bond acceptors (Lipinski definition) is 6. The van der Waals surface area contributed by atoms with E-state index < -0.39 is 10.0 Å². The average Bonchev–Trinajstić information content (AvgIpc) is 2.74. The summed E-state index contributed by atoms with van der Waals surface area (Å²) >= 11 is 6.21. The molecule has 7 nitrogen and oxygen atoms in total. The summed E-state index contributed by atoms with van der Waals surface area (Å²) in [4.78, 5) is 0.0583. The van der Waals surface area contributed by atoms with Crippen LogP contribution in [-0.4, -0.2) is 26.8 Å². The summed E-state index contributed by atoms with van der Waals surface area (Å²) in [6.45, 7) is 4.25. The zero-order chi connectivity index (χ0) is 17.3. The molecule has 0 fully saturated rings. The van der Waals surface area contributed by atoms with Gasteiger partial charge in [0, 0.05) is 13.0 Å². The molecule has 3 rings (SSSR count). The van der Waals surface area contributed by atoms with Crippen LogP contribution < -0.4 is 14.2 Å². The van der Waals surface area contributed by atoms with E-state index >= 15 is 0 Å². The number of nitrogens with one attached hydrogen (secondary N) is 1. The molecule has 1 aliphatic rings. The van der Waals surface area contributed by atoms with Gasteiger partial charge in [0.2, 0.25) is 10.0 Å². The van der Waals surface area contributed by atoms with E-state index in [1.807, 2.05) is 0 Å². The van der Waals surface area contributed by atoms with E-state index in [-0.39, 0.29) is 17.2 Å². The summed E-state index contributed by atoms with van der Waals surface area (Å²) in [5.74, 6) is 1.26. The highest BCUT2D eigenvalue weighted by atomic mass is 35.5. The van der Waals surface area contributed by atoms with Gasteiger partial charge in [0.1, 0.15) is 10.6 Å². The second kappa shape index (κ2) is 6.62. The van der Waals surface area contributed by atoms with Crippen molar-refractivity contribution in [3.8, 4) is 11.5 Å². The molecule has 1 aromatic carbocycles. The predicted molar refractivity (Wildman–Crippen MR) is 87.1 cm³/mol. The molecule has 0 saturated carbocycles. The number of rotatable bonds is 4. The zero-order valence-corrected chi connectivity index (χ0v) is 14.8. The number of sulfonamides is 1. The normalized spacial score (nSPS) is 14.5. The van der Waals surface area contributed by atoms with Crippen molar-refractivity contribution in [3.63, 3.8) is 0 Å². The Bertz CT molecular complexity index is 843. The SMILES string of the molecule is Cc1noc(C)c1S(=O)(=O)NCc1cc(Cl)c2c(c1)OCCCO2. The van der Waals surface area contributed by atoms with Gasteiger partial charge in [-0.15, -0.1) is 0 Å². The molecule has 2 heterocycles. The molecule has 1 aromatic heterocycles. The van der Waals surface area contributed by atoms with Gasteiger partial charge in [0.05, 0.1) is 18.2 Å². The van der Waals surface area contributed by atoms with Crippen molar-refractivity contribution in [2.75, 3.05) is 13.2 Å². The van der Waals surface area contributed by atoms with Gasteiger partial charge < -0.3 is 14.0 Å².